The Bertz CT molecular complexity index is 276. The van der Waals surface area contributed by atoms with Gasteiger partial charge in [0.2, 0.25) is 11.8 Å². The molecule has 0 aromatic carbocycles. The molecule has 0 saturated carbocycles. The van der Waals surface area contributed by atoms with Crippen LogP contribution in [0.4, 0.5) is 0 Å². The standard InChI is InChI=1S/C10H19N3O2/c1-10(2,9(11)15)12-8(14)7-5-4-6-13(7)3/h7H,4-6H2,1-3H3,(H2,11,15)(H,12,14). The van der Waals surface area contributed by atoms with Gasteiger partial charge in [-0.3, -0.25) is 14.5 Å². The van der Waals surface area contributed by atoms with Gasteiger partial charge < -0.3 is 11.1 Å². The van der Waals surface area contributed by atoms with Crippen LogP contribution < -0.4 is 11.1 Å². The predicted molar refractivity (Wildman–Crippen MR) is 57.1 cm³/mol. The van der Waals surface area contributed by atoms with Crippen molar-refractivity contribution in [3.05, 3.63) is 0 Å². The summed E-state index contributed by atoms with van der Waals surface area (Å²) in [4.78, 5) is 24.9. The molecule has 5 heteroatoms. The highest BCUT2D eigenvalue weighted by Gasteiger charge is 2.33. The van der Waals surface area contributed by atoms with Crippen molar-refractivity contribution in [2.24, 2.45) is 5.73 Å². The molecule has 2 amide bonds. The molecular formula is C10H19N3O2. The topological polar surface area (TPSA) is 75.4 Å². The molecule has 0 aromatic heterocycles. The maximum atomic E-state index is 11.8. The summed E-state index contributed by atoms with van der Waals surface area (Å²) in [5.74, 6) is -0.629. The number of carbonyl (C=O) groups excluding carboxylic acids is 2. The first kappa shape index (κ1) is 12.0. The summed E-state index contributed by atoms with van der Waals surface area (Å²) >= 11 is 0. The molecule has 1 aliphatic heterocycles. The molecule has 0 bridgehead atoms. The minimum atomic E-state index is -0.972. The van der Waals surface area contributed by atoms with Gasteiger partial charge in [-0.05, 0) is 40.3 Å². The lowest BCUT2D eigenvalue weighted by molar-refractivity contribution is -0.132. The van der Waals surface area contributed by atoms with E-state index in [0.717, 1.165) is 19.4 Å². The Labute approximate surface area is 90.0 Å². The summed E-state index contributed by atoms with van der Waals surface area (Å²) in [6.45, 7) is 4.15. The van der Waals surface area contributed by atoms with Crippen LogP contribution in [-0.2, 0) is 9.59 Å². The molecule has 15 heavy (non-hydrogen) atoms. The number of rotatable bonds is 3. The number of likely N-dealkylation sites (N-methyl/N-ethyl adjacent to an activating group) is 1. The Hall–Kier alpha value is -1.10. The molecule has 1 atom stereocenters. The van der Waals surface area contributed by atoms with Crippen molar-refractivity contribution in [3.63, 3.8) is 0 Å². The molecule has 1 heterocycles. The maximum Gasteiger partial charge on any atom is 0.242 e. The van der Waals surface area contributed by atoms with Crippen molar-refractivity contribution < 1.29 is 9.59 Å². The van der Waals surface area contributed by atoms with E-state index in [1.165, 1.54) is 0 Å². The summed E-state index contributed by atoms with van der Waals surface area (Å²) in [5, 5.41) is 2.67. The lowest BCUT2D eigenvalue weighted by Gasteiger charge is -2.26. The molecule has 1 rings (SSSR count). The number of carbonyl (C=O) groups is 2. The third kappa shape index (κ3) is 2.68. The van der Waals surface area contributed by atoms with E-state index < -0.39 is 11.4 Å². The fourth-order valence-corrected chi connectivity index (χ4v) is 1.69. The molecule has 86 valence electrons. The van der Waals surface area contributed by atoms with Crippen molar-refractivity contribution in [3.8, 4) is 0 Å². The van der Waals surface area contributed by atoms with Crippen LogP contribution in [0.5, 0.6) is 0 Å². The third-order valence-electron chi connectivity index (χ3n) is 2.87. The number of nitrogens with two attached hydrogens (primary N) is 1. The van der Waals surface area contributed by atoms with E-state index in [4.69, 9.17) is 5.73 Å². The van der Waals surface area contributed by atoms with Gasteiger partial charge in [0.1, 0.15) is 5.54 Å². The third-order valence-corrected chi connectivity index (χ3v) is 2.87. The fourth-order valence-electron chi connectivity index (χ4n) is 1.69. The van der Waals surface area contributed by atoms with Crippen LogP contribution in [-0.4, -0.2) is 41.9 Å². The highest BCUT2D eigenvalue weighted by atomic mass is 16.2. The van der Waals surface area contributed by atoms with Crippen LogP contribution in [0.2, 0.25) is 0 Å². The van der Waals surface area contributed by atoms with Crippen LogP contribution in [0.1, 0.15) is 26.7 Å². The lowest BCUT2D eigenvalue weighted by Crippen LogP contribution is -2.56. The first-order valence-electron chi connectivity index (χ1n) is 5.17. The number of hydrogen-bond acceptors (Lipinski definition) is 3. The smallest absolute Gasteiger partial charge is 0.242 e. The number of nitrogens with zero attached hydrogens (tertiary/aromatic N) is 1. The molecule has 0 radical (unpaired) electrons. The van der Waals surface area contributed by atoms with Crippen molar-refractivity contribution >= 4 is 11.8 Å². The van der Waals surface area contributed by atoms with Crippen LogP contribution >= 0.6 is 0 Å². The normalized spacial score (nSPS) is 22.7. The van der Waals surface area contributed by atoms with E-state index in [9.17, 15) is 9.59 Å². The maximum absolute atomic E-state index is 11.8. The second-order valence-corrected chi connectivity index (χ2v) is 4.62. The highest BCUT2D eigenvalue weighted by molar-refractivity contribution is 5.91. The second-order valence-electron chi connectivity index (χ2n) is 4.62. The Balaban J connectivity index is 2.59. The molecule has 0 spiro atoms. The van der Waals surface area contributed by atoms with Crippen molar-refractivity contribution in [1.82, 2.24) is 10.2 Å². The zero-order valence-corrected chi connectivity index (χ0v) is 9.54. The summed E-state index contributed by atoms with van der Waals surface area (Å²) in [7, 11) is 1.91. The minimum Gasteiger partial charge on any atom is -0.368 e. The van der Waals surface area contributed by atoms with Crippen molar-refractivity contribution in [2.75, 3.05) is 13.6 Å². The van der Waals surface area contributed by atoms with Gasteiger partial charge in [0.05, 0.1) is 6.04 Å². The van der Waals surface area contributed by atoms with Crippen LogP contribution in [0.3, 0.4) is 0 Å². The van der Waals surface area contributed by atoms with E-state index in [1.54, 1.807) is 13.8 Å². The summed E-state index contributed by atoms with van der Waals surface area (Å²) < 4.78 is 0. The van der Waals surface area contributed by atoms with Crippen molar-refractivity contribution in [1.29, 1.82) is 0 Å². The van der Waals surface area contributed by atoms with Gasteiger partial charge in [-0.25, -0.2) is 0 Å². The number of primary amides is 1. The number of amides is 2. The zero-order valence-electron chi connectivity index (χ0n) is 9.54. The average molecular weight is 213 g/mol. The summed E-state index contributed by atoms with van der Waals surface area (Å²) in [6.07, 6.45) is 1.86. The second kappa shape index (κ2) is 4.18. The minimum absolute atomic E-state index is 0.112. The van der Waals surface area contributed by atoms with E-state index in [0.29, 0.717) is 0 Å². The highest BCUT2D eigenvalue weighted by Crippen LogP contribution is 2.15. The van der Waals surface area contributed by atoms with Gasteiger partial charge >= 0.3 is 0 Å². The molecule has 3 N–H and O–H groups in total. The number of likely N-dealkylation sites (tertiary alicyclic amines) is 1. The monoisotopic (exact) mass is 213 g/mol. The predicted octanol–water partition coefficient (Wildman–Crippen LogP) is -0.539. The molecule has 1 aliphatic rings. The molecule has 1 unspecified atom stereocenters. The van der Waals surface area contributed by atoms with Gasteiger partial charge in [-0.15, -0.1) is 0 Å². The largest absolute Gasteiger partial charge is 0.368 e. The summed E-state index contributed by atoms with van der Waals surface area (Å²) in [6, 6.07) is -0.122. The van der Waals surface area contributed by atoms with Gasteiger partial charge in [-0.2, -0.15) is 0 Å². The number of nitrogens with one attached hydrogen (secondary N) is 1. The van der Waals surface area contributed by atoms with Crippen LogP contribution in [0, 0.1) is 0 Å². The molecule has 5 nitrogen and oxygen atoms in total. The van der Waals surface area contributed by atoms with Crippen molar-refractivity contribution in [2.45, 2.75) is 38.3 Å². The first-order valence-corrected chi connectivity index (χ1v) is 5.17. The zero-order chi connectivity index (χ0) is 11.6. The van der Waals surface area contributed by atoms with Gasteiger partial charge in [0.15, 0.2) is 0 Å². The van der Waals surface area contributed by atoms with E-state index in [2.05, 4.69) is 5.32 Å². The summed E-state index contributed by atoms with van der Waals surface area (Å²) in [5.41, 5.74) is 4.21. The van der Waals surface area contributed by atoms with Gasteiger partial charge in [0, 0.05) is 0 Å². The molecule has 0 aliphatic carbocycles. The van der Waals surface area contributed by atoms with Gasteiger partial charge in [-0.1, -0.05) is 0 Å². The molecule has 1 fully saturated rings. The van der Waals surface area contributed by atoms with E-state index in [-0.39, 0.29) is 11.9 Å². The first-order chi connectivity index (χ1) is 6.84. The molecule has 1 saturated heterocycles. The van der Waals surface area contributed by atoms with Crippen LogP contribution in [0.15, 0.2) is 0 Å². The Morgan fingerprint density at radius 3 is 2.47 bits per heavy atom. The SMILES string of the molecule is CN1CCCC1C(=O)NC(C)(C)C(N)=O. The Morgan fingerprint density at radius 1 is 1.47 bits per heavy atom. The lowest BCUT2D eigenvalue weighted by atomic mass is 10.0. The fraction of sp³-hybridized carbons (Fsp3) is 0.800. The van der Waals surface area contributed by atoms with E-state index in [1.807, 2.05) is 11.9 Å². The molecular weight excluding hydrogens is 194 g/mol. The van der Waals surface area contributed by atoms with Gasteiger partial charge in [0.25, 0.3) is 0 Å². The molecule has 0 aromatic rings. The van der Waals surface area contributed by atoms with E-state index >= 15 is 0 Å². The number of hydrogen-bond donors (Lipinski definition) is 2. The Morgan fingerprint density at radius 2 is 2.07 bits per heavy atom. The van der Waals surface area contributed by atoms with Crippen LogP contribution in [0.25, 0.3) is 0 Å². The Kier molecular flexibility index (Phi) is 3.34. The average Bonchev–Trinajstić information content (AvgIpc) is 2.50. The quantitative estimate of drug-likeness (QED) is 0.661.